The van der Waals surface area contributed by atoms with E-state index in [-0.39, 0.29) is 11.4 Å². The number of hydrogen-bond acceptors (Lipinski definition) is 5. The van der Waals surface area contributed by atoms with Crippen molar-refractivity contribution in [3.8, 4) is 5.75 Å². The van der Waals surface area contributed by atoms with Gasteiger partial charge in [-0.05, 0) is 29.7 Å². The minimum Gasteiger partial charge on any atom is -0.497 e. The Hall–Kier alpha value is -2.68. The van der Waals surface area contributed by atoms with Crippen molar-refractivity contribution >= 4 is 10.0 Å². The molecule has 7 nitrogen and oxygen atoms in total. The molecule has 4 rings (SSSR count). The van der Waals surface area contributed by atoms with Crippen LogP contribution in [0.5, 0.6) is 5.75 Å². The SMILES string of the molecule is COc1cccc(S(=O)(=O)NCC2OCCc3cn(Cc4ccccc4)nc32)c1. The highest BCUT2D eigenvalue weighted by Gasteiger charge is 2.27. The van der Waals surface area contributed by atoms with Gasteiger partial charge in [0.15, 0.2) is 0 Å². The van der Waals surface area contributed by atoms with Gasteiger partial charge in [-0.3, -0.25) is 4.68 Å². The summed E-state index contributed by atoms with van der Waals surface area (Å²) < 4.78 is 40.8. The third-order valence-electron chi connectivity index (χ3n) is 4.86. The van der Waals surface area contributed by atoms with Crippen molar-refractivity contribution in [3.05, 3.63) is 77.6 Å². The summed E-state index contributed by atoms with van der Waals surface area (Å²) in [6.45, 7) is 1.32. The molecule has 0 bridgehead atoms. The number of benzene rings is 2. The van der Waals surface area contributed by atoms with Crippen LogP contribution in [0.25, 0.3) is 0 Å². The highest BCUT2D eigenvalue weighted by Crippen LogP contribution is 2.26. The van der Waals surface area contributed by atoms with Crippen molar-refractivity contribution in [3.63, 3.8) is 0 Å². The molecule has 0 aliphatic carbocycles. The summed E-state index contributed by atoms with van der Waals surface area (Å²) in [4.78, 5) is 0.155. The van der Waals surface area contributed by atoms with E-state index in [1.807, 2.05) is 29.1 Å². The molecule has 0 spiro atoms. The predicted octanol–water partition coefficient (Wildman–Crippen LogP) is 2.53. The molecule has 1 aliphatic heterocycles. The third kappa shape index (κ3) is 4.50. The van der Waals surface area contributed by atoms with E-state index in [1.165, 1.54) is 19.2 Å². The topological polar surface area (TPSA) is 82.5 Å². The first kappa shape index (κ1) is 19.6. The Morgan fingerprint density at radius 1 is 1.21 bits per heavy atom. The predicted molar refractivity (Wildman–Crippen MR) is 108 cm³/mol. The number of methoxy groups -OCH3 is 1. The van der Waals surface area contributed by atoms with Crippen LogP contribution in [0.15, 0.2) is 65.7 Å². The monoisotopic (exact) mass is 413 g/mol. The Bertz CT molecular complexity index is 1080. The minimum absolute atomic E-state index is 0.120. The lowest BCUT2D eigenvalue weighted by molar-refractivity contribution is 0.0430. The van der Waals surface area contributed by atoms with E-state index in [1.54, 1.807) is 12.1 Å². The van der Waals surface area contributed by atoms with Crippen LogP contribution in [0.1, 0.15) is 22.9 Å². The van der Waals surface area contributed by atoms with Crippen molar-refractivity contribution in [1.82, 2.24) is 14.5 Å². The molecular formula is C21H23N3O4S. The van der Waals surface area contributed by atoms with Gasteiger partial charge >= 0.3 is 0 Å². The number of ether oxygens (including phenoxy) is 2. The summed E-state index contributed by atoms with van der Waals surface area (Å²) in [5, 5.41) is 4.67. The summed E-state index contributed by atoms with van der Waals surface area (Å²) in [6, 6.07) is 16.5. The van der Waals surface area contributed by atoms with E-state index < -0.39 is 16.1 Å². The summed E-state index contributed by atoms with van der Waals surface area (Å²) >= 11 is 0. The molecule has 3 aromatic rings. The van der Waals surface area contributed by atoms with Gasteiger partial charge < -0.3 is 9.47 Å². The number of fused-ring (bicyclic) bond motifs is 1. The number of rotatable bonds is 7. The Morgan fingerprint density at radius 3 is 2.83 bits per heavy atom. The maximum atomic E-state index is 12.7. The fourth-order valence-corrected chi connectivity index (χ4v) is 4.44. The summed E-state index contributed by atoms with van der Waals surface area (Å²) in [7, 11) is -2.18. The Morgan fingerprint density at radius 2 is 2.03 bits per heavy atom. The first-order valence-electron chi connectivity index (χ1n) is 9.40. The lowest BCUT2D eigenvalue weighted by Gasteiger charge is -2.22. The molecule has 0 amide bonds. The third-order valence-corrected chi connectivity index (χ3v) is 6.28. The van der Waals surface area contributed by atoms with Crippen molar-refractivity contribution in [2.45, 2.75) is 24.0 Å². The number of nitrogens with one attached hydrogen (secondary N) is 1. The molecule has 1 unspecified atom stereocenters. The smallest absolute Gasteiger partial charge is 0.240 e. The molecule has 1 aliphatic rings. The zero-order chi connectivity index (χ0) is 20.3. The molecule has 0 fully saturated rings. The fraction of sp³-hybridized carbons (Fsp3) is 0.286. The van der Waals surface area contributed by atoms with Crippen LogP contribution >= 0.6 is 0 Å². The first-order valence-corrected chi connectivity index (χ1v) is 10.9. The van der Waals surface area contributed by atoms with Gasteiger partial charge in [-0.2, -0.15) is 5.10 Å². The van der Waals surface area contributed by atoms with Gasteiger partial charge in [0.2, 0.25) is 10.0 Å². The van der Waals surface area contributed by atoms with Crippen molar-refractivity contribution in [2.75, 3.05) is 20.3 Å². The van der Waals surface area contributed by atoms with Gasteiger partial charge in [-0.1, -0.05) is 36.4 Å². The number of hydrogen-bond donors (Lipinski definition) is 1. The van der Waals surface area contributed by atoms with Gasteiger partial charge in [0.05, 0.1) is 30.9 Å². The van der Waals surface area contributed by atoms with Crippen LogP contribution in [0.4, 0.5) is 0 Å². The number of sulfonamides is 1. The molecule has 1 aromatic heterocycles. The highest BCUT2D eigenvalue weighted by molar-refractivity contribution is 7.89. The number of nitrogens with zero attached hydrogens (tertiary/aromatic N) is 2. The molecule has 0 radical (unpaired) electrons. The Kier molecular flexibility index (Phi) is 5.66. The summed E-state index contributed by atoms with van der Waals surface area (Å²) in [5.41, 5.74) is 3.04. The molecule has 0 saturated heterocycles. The van der Waals surface area contributed by atoms with Crippen molar-refractivity contribution < 1.29 is 17.9 Å². The van der Waals surface area contributed by atoms with Gasteiger partial charge in [0.1, 0.15) is 11.9 Å². The fourth-order valence-electron chi connectivity index (χ4n) is 3.38. The van der Waals surface area contributed by atoms with Crippen LogP contribution < -0.4 is 9.46 Å². The molecule has 2 heterocycles. The summed E-state index contributed by atoms with van der Waals surface area (Å²) in [6.07, 6.45) is 2.37. The van der Waals surface area contributed by atoms with E-state index in [9.17, 15) is 8.42 Å². The standard InChI is InChI=1S/C21H23N3O4S/c1-27-18-8-5-9-19(12-18)29(25,26)22-13-20-21-17(10-11-28-20)15-24(23-21)14-16-6-3-2-4-7-16/h2-9,12,15,20,22H,10-11,13-14H2,1H3. The van der Waals surface area contributed by atoms with Gasteiger partial charge in [0.25, 0.3) is 0 Å². The summed E-state index contributed by atoms with van der Waals surface area (Å²) in [5.74, 6) is 0.490. The lowest BCUT2D eigenvalue weighted by Crippen LogP contribution is -2.32. The molecule has 2 aromatic carbocycles. The van der Waals surface area contributed by atoms with Crippen LogP contribution in [-0.2, 0) is 27.7 Å². The molecular weight excluding hydrogens is 390 g/mol. The zero-order valence-electron chi connectivity index (χ0n) is 16.1. The van der Waals surface area contributed by atoms with Crippen LogP contribution in [0.2, 0.25) is 0 Å². The first-order chi connectivity index (χ1) is 14.0. The Balaban J connectivity index is 1.48. The quantitative estimate of drug-likeness (QED) is 0.644. The second-order valence-electron chi connectivity index (χ2n) is 6.86. The van der Waals surface area contributed by atoms with E-state index in [0.717, 1.165) is 23.2 Å². The van der Waals surface area contributed by atoms with Crippen molar-refractivity contribution in [1.29, 1.82) is 0 Å². The molecule has 0 saturated carbocycles. The minimum atomic E-state index is -3.68. The second-order valence-corrected chi connectivity index (χ2v) is 8.63. The molecule has 1 atom stereocenters. The van der Waals surface area contributed by atoms with E-state index in [2.05, 4.69) is 22.0 Å². The van der Waals surface area contributed by atoms with Gasteiger partial charge in [0, 0.05) is 18.8 Å². The van der Waals surface area contributed by atoms with E-state index in [4.69, 9.17) is 9.47 Å². The largest absolute Gasteiger partial charge is 0.497 e. The van der Waals surface area contributed by atoms with Gasteiger partial charge in [-0.15, -0.1) is 0 Å². The number of aromatic nitrogens is 2. The van der Waals surface area contributed by atoms with Crippen molar-refractivity contribution in [2.24, 2.45) is 0 Å². The highest BCUT2D eigenvalue weighted by atomic mass is 32.2. The average molecular weight is 413 g/mol. The zero-order valence-corrected chi connectivity index (χ0v) is 16.9. The van der Waals surface area contributed by atoms with Crippen LogP contribution in [0, 0.1) is 0 Å². The molecule has 8 heteroatoms. The van der Waals surface area contributed by atoms with Crippen LogP contribution in [-0.4, -0.2) is 38.5 Å². The average Bonchev–Trinajstić information content (AvgIpc) is 3.16. The normalized spacial score (nSPS) is 16.4. The molecule has 152 valence electrons. The molecule has 1 N–H and O–H groups in total. The van der Waals surface area contributed by atoms with E-state index >= 15 is 0 Å². The van der Waals surface area contributed by atoms with Gasteiger partial charge in [-0.25, -0.2) is 13.1 Å². The molecule has 29 heavy (non-hydrogen) atoms. The Labute approximate surface area is 170 Å². The van der Waals surface area contributed by atoms with E-state index in [0.29, 0.717) is 18.9 Å². The second kappa shape index (κ2) is 8.36. The maximum Gasteiger partial charge on any atom is 0.240 e. The lowest BCUT2D eigenvalue weighted by atomic mass is 10.1. The van der Waals surface area contributed by atoms with Crippen LogP contribution in [0.3, 0.4) is 0 Å². The maximum absolute atomic E-state index is 12.7.